The third-order valence-electron chi connectivity index (χ3n) is 4.03. The molecule has 0 aliphatic carbocycles. The number of aliphatic carboxylic acids is 1. The van der Waals surface area contributed by atoms with Crippen molar-refractivity contribution in [3.8, 4) is 5.75 Å². The Kier molecular flexibility index (Phi) is 5.19. The zero-order valence-electron chi connectivity index (χ0n) is 13.6. The SMILES string of the molecule is CC(C)Oc1ccc(Cl)cc1C(=O)N1CCCC(C)(C(=O)O)C1. The normalized spacial score (nSPS) is 21.3. The molecule has 1 aromatic rings. The largest absolute Gasteiger partial charge is 0.490 e. The molecule has 1 aromatic carbocycles. The van der Waals surface area contributed by atoms with Crippen LogP contribution in [-0.4, -0.2) is 41.1 Å². The molecule has 0 aromatic heterocycles. The molecule has 6 heteroatoms. The lowest BCUT2D eigenvalue weighted by molar-refractivity contribution is -0.150. The van der Waals surface area contributed by atoms with Crippen molar-refractivity contribution in [2.75, 3.05) is 13.1 Å². The number of halogens is 1. The molecule has 0 saturated carbocycles. The third-order valence-corrected chi connectivity index (χ3v) is 4.27. The van der Waals surface area contributed by atoms with Gasteiger partial charge in [0.15, 0.2) is 0 Å². The summed E-state index contributed by atoms with van der Waals surface area (Å²) >= 11 is 6.02. The monoisotopic (exact) mass is 339 g/mol. The van der Waals surface area contributed by atoms with Gasteiger partial charge in [-0.1, -0.05) is 11.6 Å². The minimum Gasteiger partial charge on any atom is -0.490 e. The van der Waals surface area contributed by atoms with Crippen molar-refractivity contribution in [3.63, 3.8) is 0 Å². The van der Waals surface area contributed by atoms with Crippen LogP contribution in [0.5, 0.6) is 5.75 Å². The molecule has 0 radical (unpaired) electrons. The first kappa shape index (κ1) is 17.6. The van der Waals surface area contributed by atoms with E-state index >= 15 is 0 Å². The number of rotatable bonds is 4. The number of carboxylic acid groups (broad SMARTS) is 1. The highest BCUT2D eigenvalue weighted by Crippen LogP contribution is 2.32. The average Bonchev–Trinajstić information content (AvgIpc) is 2.48. The van der Waals surface area contributed by atoms with E-state index in [9.17, 15) is 14.7 Å². The van der Waals surface area contributed by atoms with Crippen molar-refractivity contribution >= 4 is 23.5 Å². The summed E-state index contributed by atoms with van der Waals surface area (Å²) in [6.45, 7) is 6.17. The summed E-state index contributed by atoms with van der Waals surface area (Å²) < 4.78 is 5.69. The fourth-order valence-electron chi connectivity index (χ4n) is 2.78. The molecule has 1 atom stereocenters. The zero-order chi connectivity index (χ0) is 17.2. The molecule has 1 N–H and O–H groups in total. The van der Waals surface area contributed by atoms with Crippen LogP contribution in [0.2, 0.25) is 5.02 Å². The molecule has 23 heavy (non-hydrogen) atoms. The van der Waals surface area contributed by atoms with Crippen LogP contribution in [0.25, 0.3) is 0 Å². The van der Waals surface area contributed by atoms with Gasteiger partial charge in [0, 0.05) is 18.1 Å². The Hall–Kier alpha value is -1.75. The number of carbonyl (C=O) groups is 2. The molecular formula is C17H22ClNO4. The highest BCUT2D eigenvalue weighted by molar-refractivity contribution is 6.31. The first-order valence-electron chi connectivity index (χ1n) is 7.72. The molecule has 1 saturated heterocycles. The Labute approximate surface area is 141 Å². The van der Waals surface area contributed by atoms with Crippen molar-refractivity contribution in [2.24, 2.45) is 5.41 Å². The maximum absolute atomic E-state index is 12.9. The van der Waals surface area contributed by atoms with Crippen molar-refractivity contribution < 1.29 is 19.4 Å². The number of ether oxygens (including phenoxy) is 1. The standard InChI is InChI=1S/C17H22ClNO4/c1-11(2)23-14-6-5-12(18)9-13(14)15(20)19-8-4-7-17(3,10-19)16(21)22/h5-6,9,11H,4,7-8,10H2,1-3H3,(H,21,22). The van der Waals surface area contributed by atoms with Crippen LogP contribution in [0, 0.1) is 5.41 Å². The minimum absolute atomic E-state index is 0.0756. The van der Waals surface area contributed by atoms with Crippen LogP contribution in [-0.2, 0) is 4.79 Å². The summed E-state index contributed by atoms with van der Waals surface area (Å²) in [7, 11) is 0. The molecule has 5 nitrogen and oxygen atoms in total. The fraction of sp³-hybridized carbons (Fsp3) is 0.529. The number of piperidine rings is 1. The average molecular weight is 340 g/mol. The highest BCUT2D eigenvalue weighted by Gasteiger charge is 2.40. The Bertz CT molecular complexity index is 617. The van der Waals surface area contributed by atoms with Gasteiger partial charge < -0.3 is 14.7 Å². The number of nitrogens with zero attached hydrogens (tertiary/aromatic N) is 1. The van der Waals surface area contributed by atoms with Crippen molar-refractivity contribution in [1.29, 1.82) is 0 Å². The number of carboxylic acids is 1. The van der Waals surface area contributed by atoms with E-state index in [1.54, 1.807) is 30.0 Å². The molecule has 1 heterocycles. The first-order chi connectivity index (χ1) is 10.7. The summed E-state index contributed by atoms with van der Waals surface area (Å²) in [6, 6.07) is 4.93. The first-order valence-corrected chi connectivity index (χ1v) is 8.09. The van der Waals surface area contributed by atoms with Gasteiger partial charge in [0.25, 0.3) is 5.91 Å². The van der Waals surface area contributed by atoms with Crippen molar-refractivity contribution in [3.05, 3.63) is 28.8 Å². The molecule has 1 aliphatic rings. The summed E-state index contributed by atoms with van der Waals surface area (Å²) in [4.78, 5) is 25.9. The predicted octanol–water partition coefficient (Wildman–Crippen LogP) is 3.45. The van der Waals surface area contributed by atoms with Crippen molar-refractivity contribution in [2.45, 2.75) is 39.7 Å². The van der Waals surface area contributed by atoms with Gasteiger partial charge in [-0.3, -0.25) is 9.59 Å². The molecule has 0 bridgehead atoms. The van der Waals surface area contributed by atoms with E-state index in [2.05, 4.69) is 0 Å². The van der Waals surface area contributed by atoms with E-state index in [-0.39, 0.29) is 18.6 Å². The number of benzene rings is 1. The van der Waals surface area contributed by atoms with Crippen LogP contribution >= 0.6 is 11.6 Å². The number of amides is 1. The van der Waals surface area contributed by atoms with Crippen LogP contribution in [0.3, 0.4) is 0 Å². The maximum atomic E-state index is 12.9. The van der Waals surface area contributed by atoms with Gasteiger partial charge in [-0.25, -0.2) is 0 Å². The van der Waals surface area contributed by atoms with E-state index in [1.807, 2.05) is 13.8 Å². The number of hydrogen-bond acceptors (Lipinski definition) is 3. The Morgan fingerprint density at radius 2 is 2.09 bits per heavy atom. The van der Waals surface area contributed by atoms with Gasteiger partial charge in [0.1, 0.15) is 5.75 Å². The van der Waals surface area contributed by atoms with Gasteiger partial charge >= 0.3 is 5.97 Å². The van der Waals surface area contributed by atoms with Gasteiger partial charge in [-0.15, -0.1) is 0 Å². The van der Waals surface area contributed by atoms with Crippen molar-refractivity contribution in [1.82, 2.24) is 4.90 Å². The Morgan fingerprint density at radius 3 is 2.70 bits per heavy atom. The molecule has 1 aliphatic heterocycles. The Morgan fingerprint density at radius 1 is 1.39 bits per heavy atom. The number of carbonyl (C=O) groups excluding carboxylic acids is 1. The van der Waals surface area contributed by atoms with Crippen LogP contribution in [0.4, 0.5) is 0 Å². The topological polar surface area (TPSA) is 66.8 Å². The quantitative estimate of drug-likeness (QED) is 0.912. The van der Waals surface area contributed by atoms with E-state index < -0.39 is 11.4 Å². The second-order valence-corrected chi connectivity index (χ2v) is 6.94. The smallest absolute Gasteiger partial charge is 0.311 e. The van der Waals surface area contributed by atoms with Crippen LogP contribution in [0.15, 0.2) is 18.2 Å². The molecule has 2 rings (SSSR count). The lowest BCUT2D eigenvalue weighted by atomic mass is 9.82. The highest BCUT2D eigenvalue weighted by atomic mass is 35.5. The minimum atomic E-state index is -0.911. The summed E-state index contributed by atoms with van der Waals surface area (Å²) in [5, 5.41) is 9.85. The van der Waals surface area contributed by atoms with E-state index in [4.69, 9.17) is 16.3 Å². The molecule has 1 fully saturated rings. The fourth-order valence-corrected chi connectivity index (χ4v) is 2.96. The number of hydrogen-bond donors (Lipinski definition) is 1. The Balaban J connectivity index is 2.29. The lowest BCUT2D eigenvalue weighted by Crippen LogP contribution is -2.48. The third kappa shape index (κ3) is 3.96. The van der Waals surface area contributed by atoms with Gasteiger partial charge in [0.2, 0.25) is 0 Å². The van der Waals surface area contributed by atoms with Crippen LogP contribution in [0.1, 0.15) is 44.0 Å². The van der Waals surface area contributed by atoms with Gasteiger partial charge in [0.05, 0.1) is 17.1 Å². The second-order valence-electron chi connectivity index (χ2n) is 6.50. The molecule has 0 spiro atoms. The van der Waals surface area contributed by atoms with Gasteiger partial charge in [-0.2, -0.15) is 0 Å². The summed E-state index contributed by atoms with van der Waals surface area (Å²) in [6.07, 6.45) is 1.15. The molecule has 1 unspecified atom stereocenters. The second kappa shape index (κ2) is 6.79. The molecule has 1 amide bonds. The van der Waals surface area contributed by atoms with E-state index in [0.717, 1.165) is 0 Å². The molecular weight excluding hydrogens is 318 g/mol. The lowest BCUT2D eigenvalue weighted by Gasteiger charge is -2.37. The maximum Gasteiger partial charge on any atom is 0.311 e. The predicted molar refractivity (Wildman–Crippen MR) is 88.1 cm³/mol. The number of likely N-dealkylation sites (tertiary alicyclic amines) is 1. The molecule has 126 valence electrons. The zero-order valence-corrected chi connectivity index (χ0v) is 14.4. The van der Waals surface area contributed by atoms with E-state index in [0.29, 0.717) is 35.7 Å². The summed E-state index contributed by atoms with van der Waals surface area (Å²) in [5.74, 6) is -0.646. The van der Waals surface area contributed by atoms with Crippen LogP contribution < -0.4 is 4.74 Å². The van der Waals surface area contributed by atoms with Gasteiger partial charge in [-0.05, 0) is 51.8 Å². The van der Waals surface area contributed by atoms with E-state index in [1.165, 1.54) is 0 Å². The summed E-state index contributed by atoms with van der Waals surface area (Å²) in [5.41, 5.74) is -0.535.